The Morgan fingerprint density at radius 2 is 0.911 bits per heavy atom. The van der Waals surface area contributed by atoms with Gasteiger partial charge in [0.25, 0.3) is 0 Å². The zero-order valence-electron chi connectivity index (χ0n) is 46.1. The second-order valence-electron chi connectivity index (χ2n) is 23.4. The lowest BCUT2D eigenvalue weighted by Crippen LogP contribution is -2.20. The van der Waals surface area contributed by atoms with E-state index in [4.69, 9.17) is 17.7 Å². The minimum atomic E-state index is -0.215. The molecule has 4 heterocycles. The van der Waals surface area contributed by atoms with Crippen molar-refractivity contribution in [3.8, 4) is 0 Å². The number of fused-ring (bicyclic) bond motifs is 13. The third-order valence-corrected chi connectivity index (χ3v) is 16.2. The van der Waals surface area contributed by atoms with Gasteiger partial charge < -0.3 is 27.5 Å². The van der Waals surface area contributed by atoms with Crippen LogP contribution in [0.4, 0.5) is 34.1 Å². The van der Waals surface area contributed by atoms with Crippen molar-refractivity contribution in [3.05, 3.63) is 216 Å². The van der Waals surface area contributed by atoms with Gasteiger partial charge in [-0.15, -0.1) is 0 Å². The van der Waals surface area contributed by atoms with Gasteiger partial charge in [0, 0.05) is 66.0 Å². The number of nitrogens with zero attached hydrogens (tertiary/aromatic N) is 2. The molecule has 0 unspecified atom stereocenters. The van der Waals surface area contributed by atoms with E-state index in [1.165, 1.54) is 11.1 Å². The smallest absolute Gasteiger partial charge is 0.159 e. The van der Waals surface area contributed by atoms with E-state index in [0.29, 0.717) is 0 Å². The maximum atomic E-state index is 6.86. The first-order chi connectivity index (χ1) is 38.2. The van der Waals surface area contributed by atoms with Crippen LogP contribution in [-0.4, -0.2) is 0 Å². The number of aryl methyl sites for hydroxylation is 2. The third-order valence-electron chi connectivity index (χ3n) is 16.2. The molecule has 6 nitrogen and oxygen atoms in total. The zero-order valence-corrected chi connectivity index (χ0v) is 46.1. The first-order valence-corrected chi connectivity index (χ1v) is 27.4. The van der Waals surface area contributed by atoms with E-state index < -0.39 is 0 Å². The highest BCUT2D eigenvalue weighted by Gasteiger charge is 2.32. The Kier molecular flexibility index (Phi) is 10.7. The number of rotatable bonds is 8. The summed E-state index contributed by atoms with van der Waals surface area (Å²) >= 11 is 0. The molecule has 0 amide bonds. The van der Waals surface area contributed by atoms with Crippen LogP contribution >= 0.6 is 0 Å². The lowest BCUT2D eigenvalue weighted by atomic mass is 9.84. The SMILES string of the molecule is C=Cc1oc2c(N(c3ccc4cc5c(cc4c3)oc3ccc4oc6cc7cc(N(c8ccccc8C)c8c(C(C)(C)C)ccc9c8oc8ccccc89)ccc7cc6c4c35)c3ccccc3C)c(C(C)(C)C)ccc2c1/C=C\C. The molecule has 0 fully saturated rings. The highest BCUT2D eigenvalue weighted by Crippen LogP contribution is 2.52. The van der Waals surface area contributed by atoms with E-state index in [1.54, 1.807) is 0 Å². The molecule has 14 aromatic rings. The Balaban J connectivity index is 0.931. The van der Waals surface area contributed by atoms with Crippen molar-refractivity contribution in [1.29, 1.82) is 0 Å². The molecular formula is C73H60N2O4. The van der Waals surface area contributed by atoms with Gasteiger partial charge in [0.2, 0.25) is 0 Å². The zero-order chi connectivity index (χ0) is 54.2. The van der Waals surface area contributed by atoms with E-state index >= 15 is 0 Å². The predicted molar refractivity (Wildman–Crippen MR) is 334 cm³/mol. The molecule has 6 heteroatoms. The van der Waals surface area contributed by atoms with Crippen LogP contribution in [0.5, 0.6) is 0 Å². The van der Waals surface area contributed by atoms with Gasteiger partial charge in [-0.05, 0) is 160 Å². The lowest BCUT2D eigenvalue weighted by molar-refractivity contribution is 0.581. The summed E-state index contributed by atoms with van der Waals surface area (Å²) in [6.07, 6.45) is 5.99. The summed E-state index contributed by atoms with van der Waals surface area (Å²) in [6.45, 7) is 24.2. The van der Waals surface area contributed by atoms with Crippen LogP contribution in [0.1, 0.15) is 82.0 Å². The van der Waals surface area contributed by atoms with E-state index in [1.807, 2.05) is 19.1 Å². The molecule has 0 saturated heterocycles. The monoisotopic (exact) mass is 1030 g/mol. The number of benzene rings is 10. The molecule has 0 radical (unpaired) electrons. The molecule has 0 atom stereocenters. The number of anilines is 6. The van der Waals surface area contributed by atoms with Crippen molar-refractivity contribution in [2.45, 2.75) is 73.1 Å². The van der Waals surface area contributed by atoms with Gasteiger partial charge in [0.1, 0.15) is 33.7 Å². The molecule has 0 spiro atoms. The molecule has 0 saturated carbocycles. The van der Waals surface area contributed by atoms with E-state index in [9.17, 15) is 0 Å². The summed E-state index contributed by atoms with van der Waals surface area (Å²) in [5.41, 5.74) is 17.4. The summed E-state index contributed by atoms with van der Waals surface area (Å²) in [5.74, 6) is 0.752. The van der Waals surface area contributed by atoms with Gasteiger partial charge in [0.15, 0.2) is 11.2 Å². The average Bonchev–Trinajstić information content (AvgIpc) is 4.35. The number of para-hydroxylation sites is 3. The number of hydrogen-bond donors (Lipinski definition) is 0. The third kappa shape index (κ3) is 7.52. The molecule has 386 valence electrons. The van der Waals surface area contributed by atoms with Crippen molar-refractivity contribution < 1.29 is 17.7 Å². The molecule has 14 rings (SSSR count). The van der Waals surface area contributed by atoms with E-state index in [-0.39, 0.29) is 10.8 Å². The number of furan rings is 4. The predicted octanol–water partition coefficient (Wildman–Crippen LogP) is 22.3. The Morgan fingerprint density at radius 3 is 1.42 bits per heavy atom. The molecule has 0 bridgehead atoms. The van der Waals surface area contributed by atoms with Crippen LogP contribution < -0.4 is 9.80 Å². The fourth-order valence-electron chi connectivity index (χ4n) is 12.4. The quantitative estimate of drug-likeness (QED) is 0.151. The molecule has 0 aliphatic rings. The average molecular weight is 1030 g/mol. The Bertz CT molecular complexity index is 4880. The second kappa shape index (κ2) is 17.6. The molecular weight excluding hydrogens is 969 g/mol. The summed E-state index contributed by atoms with van der Waals surface area (Å²) in [5, 5.41) is 11.8. The first-order valence-electron chi connectivity index (χ1n) is 27.4. The van der Waals surface area contributed by atoms with Crippen molar-refractivity contribution >= 4 is 145 Å². The first kappa shape index (κ1) is 48.1. The van der Waals surface area contributed by atoms with E-state index in [2.05, 4.69) is 248 Å². The highest BCUT2D eigenvalue weighted by atomic mass is 16.3. The largest absolute Gasteiger partial charge is 0.456 e. The minimum Gasteiger partial charge on any atom is -0.456 e. The normalized spacial score (nSPS) is 12.6. The Hall–Kier alpha value is -9.26. The van der Waals surface area contributed by atoms with Crippen LogP contribution in [0.25, 0.3) is 110 Å². The van der Waals surface area contributed by atoms with E-state index in [0.717, 1.165) is 155 Å². The maximum Gasteiger partial charge on any atom is 0.159 e. The van der Waals surface area contributed by atoms with Crippen molar-refractivity contribution in [1.82, 2.24) is 0 Å². The van der Waals surface area contributed by atoms with Gasteiger partial charge in [-0.1, -0.05) is 151 Å². The molecule has 0 aliphatic heterocycles. The van der Waals surface area contributed by atoms with Gasteiger partial charge in [0.05, 0.1) is 11.4 Å². The van der Waals surface area contributed by atoms with Gasteiger partial charge in [-0.25, -0.2) is 0 Å². The maximum absolute atomic E-state index is 6.86. The lowest BCUT2D eigenvalue weighted by Gasteiger charge is -2.33. The minimum absolute atomic E-state index is 0.193. The van der Waals surface area contributed by atoms with Gasteiger partial charge in [-0.3, -0.25) is 0 Å². The molecule has 0 N–H and O–H groups in total. The summed E-state index contributed by atoms with van der Waals surface area (Å²) in [6, 6.07) is 61.2. The van der Waals surface area contributed by atoms with Crippen LogP contribution in [0, 0.1) is 13.8 Å². The van der Waals surface area contributed by atoms with Gasteiger partial charge >= 0.3 is 0 Å². The van der Waals surface area contributed by atoms with Crippen LogP contribution in [0.3, 0.4) is 0 Å². The summed E-state index contributed by atoms with van der Waals surface area (Å²) in [7, 11) is 0. The van der Waals surface area contributed by atoms with Crippen molar-refractivity contribution in [2.75, 3.05) is 9.80 Å². The molecule has 10 aromatic carbocycles. The van der Waals surface area contributed by atoms with Crippen LogP contribution in [-0.2, 0) is 10.8 Å². The van der Waals surface area contributed by atoms with Crippen molar-refractivity contribution in [3.63, 3.8) is 0 Å². The highest BCUT2D eigenvalue weighted by molar-refractivity contribution is 6.28. The Labute approximate surface area is 459 Å². The second-order valence-corrected chi connectivity index (χ2v) is 23.4. The fraction of sp³-hybridized carbons (Fsp3) is 0.151. The van der Waals surface area contributed by atoms with Gasteiger partial charge in [-0.2, -0.15) is 0 Å². The standard InChI is InChI=1S/C73H60N2O4/c1-11-19-50-52-30-32-56(72(5,6)7)68(70(52)78-60(50)12-2)74(58-23-16-13-20-42(58)3)48-28-26-44-38-54-64(40-46(44)36-48)76-62-34-35-63-67(66(54)62)55-39-45-27-29-49(37-47(45)41-65(55)77-63)75(59-24-17-14-21-43(59)4)69-57(73(8,9)10)33-31-53-51-22-15-18-25-61(51)79-71(53)69/h11-41H,2H2,1,3-10H3/b19-11-. The molecule has 4 aromatic heterocycles. The molecule has 79 heavy (non-hydrogen) atoms. The summed E-state index contributed by atoms with van der Waals surface area (Å²) < 4.78 is 27.4. The topological polar surface area (TPSA) is 59.0 Å². The van der Waals surface area contributed by atoms with Crippen LogP contribution in [0.15, 0.2) is 200 Å². The van der Waals surface area contributed by atoms with Crippen molar-refractivity contribution in [2.24, 2.45) is 0 Å². The molecule has 0 aliphatic carbocycles. The Morgan fingerprint density at radius 1 is 0.418 bits per heavy atom. The summed E-state index contributed by atoms with van der Waals surface area (Å²) in [4.78, 5) is 4.79. The van der Waals surface area contributed by atoms with Crippen LogP contribution in [0.2, 0.25) is 0 Å². The number of allylic oxidation sites excluding steroid dienone is 1. The fourth-order valence-corrected chi connectivity index (χ4v) is 12.4. The number of hydrogen-bond acceptors (Lipinski definition) is 6.